The Bertz CT molecular complexity index is 1120. The molecule has 6 heteroatoms. The molecule has 0 saturated carbocycles. The van der Waals surface area contributed by atoms with Gasteiger partial charge in [0.25, 0.3) is 5.56 Å². The predicted molar refractivity (Wildman–Crippen MR) is 130 cm³/mol. The minimum absolute atomic E-state index is 0.160. The number of β-amino-alcohol motifs (C(OH)–C–C–N with tert-alkyl or cyclic N) is 1. The van der Waals surface area contributed by atoms with E-state index in [0.717, 1.165) is 37.0 Å². The molecular weight excluding hydrogens is 400 g/mol. The maximum Gasteiger partial charge on any atom is 0.274 e. The van der Waals surface area contributed by atoms with Crippen molar-refractivity contribution in [3.8, 4) is 0 Å². The van der Waals surface area contributed by atoms with Crippen LogP contribution in [-0.2, 0) is 19.5 Å². The molecule has 0 fully saturated rings. The standard InChI is InChI=1S/C26H34N4O2/c1-18(2)12-19(3)28-23-8-9-25-22(13-23)14-27-30(26(25)32)17-24(31)16-29-11-10-20-6-4-5-7-21(20)15-29/h4-9,13-14,18-19,24,28,31H,10-12,15-17H2,1-3H3/t19?,24-/m1/s1. The van der Waals surface area contributed by atoms with Gasteiger partial charge >= 0.3 is 0 Å². The first-order valence-electron chi connectivity index (χ1n) is 11.6. The summed E-state index contributed by atoms with van der Waals surface area (Å²) >= 11 is 0. The Morgan fingerprint density at radius 2 is 1.88 bits per heavy atom. The van der Waals surface area contributed by atoms with Gasteiger partial charge in [0.05, 0.1) is 24.2 Å². The Morgan fingerprint density at radius 3 is 2.66 bits per heavy atom. The largest absolute Gasteiger partial charge is 0.390 e. The zero-order valence-corrected chi connectivity index (χ0v) is 19.3. The fraction of sp³-hybridized carbons (Fsp3) is 0.462. The summed E-state index contributed by atoms with van der Waals surface area (Å²) < 4.78 is 1.39. The normalized spacial score (nSPS) is 16.2. The zero-order valence-electron chi connectivity index (χ0n) is 19.3. The molecule has 1 aromatic heterocycles. The summed E-state index contributed by atoms with van der Waals surface area (Å²) in [5.74, 6) is 0.623. The maximum atomic E-state index is 13.0. The van der Waals surface area contributed by atoms with Gasteiger partial charge in [0.2, 0.25) is 0 Å². The van der Waals surface area contributed by atoms with Gasteiger partial charge in [-0.3, -0.25) is 9.69 Å². The van der Waals surface area contributed by atoms with E-state index >= 15 is 0 Å². The van der Waals surface area contributed by atoms with Gasteiger partial charge in [0.15, 0.2) is 0 Å². The lowest BCUT2D eigenvalue weighted by Gasteiger charge is -2.30. The van der Waals surface area contributed by atoms with E-state index in [1.54, 1.807) is 6.20 Å². The summed E-state index contributed by atoms with van der Waals surface area (Å²) in [6.07, 6.45) is 3.14. The van der Waals surface area contributed by atoms with Crippen molar-refractivity contribution in [1.82, 2.24) is 14.7 Å². The van der Waals surface area contributed by atoms with E-state index < -0.39 is 6.10 Å². The molecule has 1 aliphatic heterocycles. The Hall–Kier alpha value is -2.70. The molecule has 2 heterocycles. The molecule has 0 spiro atoms. The Morgan fingerprint density at radius 1 is 1.09 bits per heavy atom. The average Bonchev–Trinajstić information content (AvgIpc) is 2.75. The van der Waals surface area contributed by atoms with Crippen LogP contribution in [0.15, 0.2) is 53.5 Å². The summed E-state index contributed by atoms with van der Waals surface area (Å²) in [5.41, 5.74) is 3.54. The third-order valence-corrected chi connectivity index (χ3v) is 6.15. The van der Waals surface area contributed by atoms with Crippen molar-refractivity contribution in [2.24, 2.45) is 5.92 Å². The third-order valence-electron chi connectivity index (χ3n) is 6.15. The minimum atomic E-state index is -0.652. The van der Waals surface area contributed by atoms with Crippen LogP contribution in [0.5, 0.6) is 0 Å². The van der Waals surface area contributed by atoms with Crippen molar-refractivity contribution < 1.29 is 5.11 Å². The Balaban J connectivity index is 1.41. The van der Waals surface area contributed by atoms with Crippen LogP contribution in [0.2, 0.25) is 0 Å². The second-order valence-electron chi connectivity index (χ2n) is 9.52. The minimum Gasteiger partial charge on any atom is -0.390 e. The molecule has 32 heavy (non-hydrogen) atoms. The first-order valence-corrected chi connectivity index (χ1v) is 11.6. The first kappa shape index (κ1) is 22.5. The molecule has 0 bridgehead atoms. The van der Waals surface area contributed by atoms with Crippen LogP contribution in [0.3, 0.4) is 0 Å². The number of anilines is 1. The third kappa shape index (κ3) is 5.37. The highest BCUT2D eigenvalue weighted by atomic mass is 16.3. The number of aliphatic hydroxyl groups is 1. The summed E-state index contributed by atoms with van der Waals surface area (Å²) in [5, 5.41) is 19.9. The number of fused-ring (bicyclic) bond motifs is 2. The van der Waals surface area contributed by atoms with Crippen LogP contribution >= 0.6 is 0 Å². The van der Waals surface area contributed by atoms with Crippen molar-refractivity contribution >= 4 is 16.5 Å². The highest BCUT2D eigenvalue weighted by Crippen LogP contribution is 2.20. The zero-order chi connectivity index (χ0) is 22.7. The number of hydrogen-bond donors (Lipinski definition) is 2. The molecule has 0 radical (unpaired) electrons. The number of benzene rings is 2. The van der Waals surface area contributed by atoms with E-state index in [9.17, 15) is 9.90 Å². The smallest absolute Gasteiger partial charge is 0.274 e. The van der Waals surface area contributed by atoms with Gasteiger partial charge in [0.1, 0.15) is 0 Å². The lowest BCUT2D eigenvalue weighted by Crippen LogP contribution is -2.40. The monoisotopic (exact) mass is 434 g/mol. The average molecular weight is 435 g/mol. The molecule has 170 valence electrons. The molecule has 2 aromatic carbocycles. The van der Waals surface area contributed by atoms with Gasteiger partial charge in [0, 0.05) is 36.7 Å². The number of nitrogens with one attached hydrogen (secondary N) is 1. The van der Waals surface area contributed by atoms with E-state index in [-0.39, 0.29) is 12.1 Å². The highest BCUT2D eigenvalue weighted by Gasteiger charge is 2.19. The van der Waals surface area contributed by atoms with Crippen molar-refractivity contribution in [3.63, 3.8) is 0 Å². The first-order chi connectivity index (χ1) is 15.4. The highest BCUT2D eigenvalue weighted by molar-refractivity contribution is 5.84. The second-order valence-corrected chi connectivity index (χ2v) is 9.52. The molecular formula is C26H34N4O2. The van der Waals surface area contributed by atoms with Crippen LogP contribution in [0.25, 0.3) is 10.8 Å². The molecule has 0 amide bonds. The topological polar surface area (TPSA) is 70.4 Å². The van der Waals surface area contributed by atoms with Gasteiger partial charge in [-0.1, -0.05) is 38.1 Å². The fourth-order valence-electron chi connectivity index (χ4n) is 4.72. The van der Waals surface area contributed by atoms with Crippen LogP contribution < -0.4 is 10.9 Å². The van der Waals surface area contributed by atoms with E-state index in [4.69, 9.17) is 0 Å². The van der Waals surface area contributed by atoms with Gasteiger partial charge in [-0.25, -0.2) is 4.68 Å². The van der Waals surface area contributed by atoms with Crippen molar-refractivity contribution in [2.45, 2.75) is 58.8 Å². The summed E-state index contributed by atoms with van der Waals surface area (Å²) in [6.45, 7) is 9.06. The number of aromatic nitrogens is 2. The molecule has 0 aliphatic carbocycles. The van der Waals surface area contributed by atoms with Crippen LogP contribution in [0.4, 0.5) is 5.69 Å². The summed E-state index contributed by atoms with van der Waals surface area (Å²) in [6, 6.07) is 14.6. The summed E-state index contributed by atoms with van der Waals surface area (Å²) in [4.78, 5) is 15.2. The van der Waals surface area contributed by atoms with E-state index in [0.29, 0.717) is 23.9 Å². The number of rotatable bonds is 8. The molecule has 3 aromatic rings. The molecule has 4 rings (SSSR count). The number of aliphatic hydroxyl groups excluding tert-OH is 1. The van der Waals surface area contributed by atoms with Gasteiger partial charge in [-0.05, 0) is 55.0 Å². The molecule has 1 unspecified atom stereocenters. The lowest BCUT2D eigenvalue weighted by molar-refractivity contribution is 0.0878. The van der Waals surface area contributed by atoms with Gasteiger partial charge < -0.3 is 10.4 Å². The molecule has 2 atom stereocenters. The van der Waals surface area contributed by atoms with Crippen molar-refractivity contribution in [2.75, 3.05) is 18.4 Å². The molecule has 2 N–H and O–H groups in total. The van der Waals surface area contributed by atoms with Crippen LogP contribution in [-0.4, -0.2) is 45.0 Å². The lowest BCUT2D eigenvalue weighted by atomic mass is 10.00. The van der Waals surface area contributed by atoms with Gasteiger partial charge in [-0.2, -0.15) is 5.10 Å². The van der Waals surface area contributed by atoms with Gasteiger partial charge in [-0.15, -0.1) is 0 Å². The van der Waals surface area contributed by atoms with Crippen LogP contribution in [0, 0.1) is 5.92 Å². The van der Waals surface area contributed by atoms with Crippen LogP contribution in [0.1, 0.15) is 38.3 Å². The maximum absolute atomic E-state index is 13.0. The molecule has 1 aliphatic rings. The Kier molecular flexibility index (Phi) is 6.92. The molecule has 6 nitrogen and oxygen atoms in total. The second kappa shape index (κ2) is 9.84. The number of nitrogens with zero attached hydrogens (tertiary/aromatic N) is 3. The quantitative estimate of drug-likeness (QED) is 0.566. The van der Waals surface area contributed by atoms with Crippen molar-refractivity contribution in [3.05, 3.63) is 70.1 Å². The van der Waals surface area contributed by atoms with E-state index in [2.05, 4.69) is 60.4 Å². The van der Waals surface area contributed by atoms with E-state index in [1.807, 2.05) is 18.2 Å². The van der Waals surface area contributed by atoms with Crippen molar-refractivity contribution in [1.29, 1.82) is 0 Å². The van der Waals surface area contributed by atoms with E-state index in [1.165, 1.54) is 15.8 Å². The fourth-order valence-corrected chi connectivity index (χ4v) is 4.72. The molecule has 0 saturated heterocycles. The number of hydrogen-bond acceptors (Lipinski definition) is 5. The Labute approximate surface area is 189 Å². The predicted octanol–water partition coefficient (Wildman–Crippen LogP) is 3.66. The summed E-state index contributed by atoms with van der Waals surface area (Å²) in [7, 11) is 0. The SMILES string of the molecule is CC(C)CC(C)Nc1ccc2c(=O)n(C[C@H](O)CN3CCc4ccccc4C3)ncc2c1.